The molecule has 1 spiro atoms. The summed E-state index contributed by atoms with van der Waals surface area (Å²) in [5, 5.41) is 3.96. The maximum absolute atomic E-state index is 3.96. The van der Waals surface area contributed by atoms with Crippen molar-refractivity contribution in [3.63, 3.8) is 0 Å². The molecule has 0 aromatic heterocycles. The highest BCUT2D eigenvalue weighted by atomic mass is 15.3. The Morgan fingerprint density at radius 1 is 1.14 bits per heavy atom. The standard InChI is InChI=1S/C18H35N3/c1-3-17-12-19-18(9-5-4-6-10-18)15-21(17)14-16-8-7-11-20(2)13-16/h16-17,19H,3-15H2,1-2H3. The summed E-state index contributed by atoms with van der Waals surface area (Å²) in [5.41, 5.74) is 0.463. The van der Waals surface area contributed by atoms with Crippen LogP contribution in [-0.2, 0) is 0 Å². The molecule has 21 heavy (non-hydrogen) atoms. The van der Waals surface area contributed by atoms with Crippen molar-refractivity contribution >= 4 is 0 Å². The molecule has 3 heteroatoms. The van der Waals surface area contributed by atoms with Gasteiger partial charge in [0.2, 0.25) is 0 Å². The third-order valence-corrected chi connectivity index (χ3v) is 6.23. The zero-order chi connectivity index (χ0) is 14.7. The molecule has 2 atom stereocenters. The van der Waals surface area contributed by atoms with E-state index in [1.807, 2.05) is 0 Å². The van der Waals surface area contributed by atoms with Crippen molar-refractivity contribution in [1.82, 2.24) is 15.1 Å². The lowest BCUT2D eigenvalue weighted by Crippen LogP contribution is -2.65. The van der Waals surface area contributed by atoms with Crippen molar-refractivity contribution in [1.29, 1.82) is 0 Å². The van der Waals surface area contributed by atoms with Crippen LogP contribution in [0.25, 0.3) is 0 Å². The number of piperidine rings is 1. The Balaban J connectivity index is 1.62. The molecule has 1 N–H and O–H groups in total. The first kappa shape index (κ1) is 15.8. The molecule has 0 aromatic carbocycles. The number of nitrogens with zero attached hydrogens (tertiary/aromatic N) is 2. The van der Waals surface area contributed by atoms with Crippen molar-refractivity contribution in [2.24, 2.45) is 5.92 Å². The summed E-state index contributed by atoms with van der Waals surface area (Å²) in [5.74, 6) is 0.900. The molecule has 2 aliphatic heterocycles. The molecular weight excluding hydrogens is 258 g/mol. The van der Waals surface area contributed by atoms with Gasteiger partial charge in [0.1, 0.15) is 0 Å². The summed E-state index contributed by atoms with van der Waals surface area (Å²) >= 11 is 0. The van der Waals surface area contributed by atoms with E-state index in [9.17, 15) is 0 Å². The van der Waals surface area contributed by atoms with E-state index in [4.69, 9.17) is 0 Å². The predicted octanol–water partition coefficient (Wildman–Crippen LogP) is 2.71. The first-order valence-corrected chi connectivity index (χ1v) is 9.38. The summed E-state index contributed by atoms with van der Waals surface area (Å²) in [6.45, 7) is 8.86. The third kappa shape index (κ3) is 3.80. The minimum Gasteiger partial charge on any atom is -0.308 e. The first-order chi connectivity index (χ1) is 10.2. The van der Waals surface area contributed by atoms with Crippen LogP contribution in [0.2, 0.25) is 0 Å². The molecule has 3 rings (SSSR count). The number of hydrogen-bond donors (Lipinski definition) is 1. The summed E-state index contributed by atoms with van der Waals surface area (Å²) < 4.78 is 0. The molecule has 1 saturated carbocycles. The number of rotatable bonds is 3. The minimum atomic E-state index is 0.463. The number of hydrogen-bond acceptors (Lipinski definition) is 3. The van der Waals surface area contributed by atoms with Gasteiger partial charge in [0.05, 0.1) is 0 Å². The lowest BCUT2D eigenvalue weighted by molar-refractivity contribution is 0.0327. The Morgan fingerprint density at radius 3 is 2.67 bits per heavy atom. The summed E-state index contributed by atoms with van der Waals surface area (Å²) in [6, 6.07) is 0.768. The molecule has 0 aromatic rings. The van der Waals surface area contributed by atoms with Crippen LogP contribution in [0.3, 0.4) is 0 Å². The molecule has 0 bridgehead atoms. The van der Waals surface area contributed by atoms with Crippen LogP contribution in [0, 0.1) is 5.92 Å². The average Bonchev–Trinajstić information content (AvgIpc) is 2.48. The zero-order valence-electron chi connectivity index (χ0n) is 14.2. The van der Waals surface area contributed by atoms with Crippen LogP contribution >= 0.6 is 0 Å². The van der Waals surface area contributed by atoms with Gasteiger partial charge in [-0.05, 0) is 51.6 Å². The van der Waals surface area contributed by atoms with Gasteiger partial charge in [-0.2, -0.15) is 0 Å². The van der Waals surface area contributed by atoms with Gasteiger partial charge in [-0.15, -0.1) is 0 Å². The fraction of sp³-hybridized carbons (Fsp3) is 1.00. The lowest BCUT2D eigenvalue weighted by Gasteiger charge is -2.51. The second kappa shape index (κ2) is 6.97. The average molecular weight is 293 g/mol. The Kier molecular flexibility index (Phi) is 5.23. The molecule has 3 nitrogen and oxygen atoms in total. The van der Waals surface area contributed by atoms with Gasteiger partial charge >= 0.3 is 0 Å². The van der Waals surface area contributed by atoms with Crippen molar-refractivity contribution in [2.45, 2.75) is 69.9 Å². The second-order valence-electron chi connectivity index (χ2n) is 7.98. The molecule has 2 saturated heterocycles. The van der Waals surface area contributed by atoms with Crippen LogP contribution in [0.4, 0.5) is 0 Å². The summed E-state index contributed by atoms with van der Waals surface area (Å²) in [4.78, 5) is 5.40. The van der Waals surface area contributed by atoms with Gasteiger partial charge in [0.25, 0.3) is 0 Å². The maximum Gasteiger partial charge on any atom is 0.0309 e. The Bertz CT molecular complexity index is 324. The highest BCUT2D eigenvalue weighted by Crippen LogP contribution is 2.33. The molecule has 0 amide bonds. The monoisotopic (exact) mass is 293 g/mol. The lowest BCUT2D eigenvalue weighted by atomic mass is 9.79. The van der Waals surface area contributed by atoms with E-state index < -0.39 is 0 Å². The number of piperazine rings is 1. The third-order valence-electron chi connectivity index (χ3n) is 6.23. The predicted molar refractivity (Wildman–Crippen MR) is 89.7 cm³/mol. The van der Waals surface area contributed by atoms with Crippen LogP contribution in [0.1, 0.15) is 58.3 Å². The van der Waals surface area contributed by atoms with E-state index in [0.29, 0.717) is 5.54 Å². The second-order valence-corrected chi connectivity index (χ2v) is 7.98. The Hall–Kier alpha value is -0.120. The number of nitrogens with one attached hydrogen (secondary N) is 1. The van der Waals surface area contributed by atoms with Crippen molar-refractivity contribution in [3.8, 4) is 0 Å². The van der Waals surface area contributed by atoms with Crippen LogP contribution in [-0.4, -0.2) is 61.2 Å². The fourth-order valence-electron chi connectivity index (χ4n) is 4.97. The number of likely N-dealkylation sites (tertiary alicyclic amines) is 1. The fourth-order valence-corrected chi connectivity index (χ4v) is 4.97. The van der Waals surface area contributed by atoms with E-state index in [2.05, 4.69) is 29.1 Å². The normalized spacial score (nSPS) is 35.1. The van der Waals surface area contributed by atoms with E-state index in [1.54, 1.807) is 0 Å². The molecule has 3 fully saturated rings. The van der Waals surface area contributed by atoms with E-state index in [1.165, 1.54) is 84.1 Å². The van der Waals surface area contributed by atoms with Crippen molar-refractivity contribution < 1.29 is 0 Å². The Labute approximate surface area is 131 Å². The minimum absolute atomic E-state index is 0.463. The molecular formula is C18H35N3. The molecule has 3 aliphatic rings. The molecule has 2 heterocycles. The van der Waals surface area contributed by atoms with E-state index in [0.717, 1.165) is 12.0 Å². The van der Waals surface area contributed by atoms with E-state index in [-0.39, 0.29) is 0 Å². The van der Waals surface area contributed by atoms with Gasteiger partial charge < -0.3 is 10.2 Å². The zero-order valence-corrected chi connectivity index (χ0v) is 14.2. The molecule has 1 aliphatic carbocycles. The largest absolute Gasteiger partial charge is 0.308 e. The van der Waals surface area contributed by atoms with Gasteiger partial charge in [-0.3, -0.25) is 4.90 Å². The first-order valence-electron chi connectivity index (χ1n) is 9.38. The smallest absolute Gasteiger partial charge is 0.0309 e. The van der Waals surface area contributed by atoms with E-state index >= 15 is 0 Å². The highest BCUT2D eigenvalue weighted by Gasteiger charge is 2.39. The van der Waals surface area contributed by atoms with Gasteiger partial charge in [0.15, 0.2) is 0 Å². The molecule has 0 radical (unpaired) electrons. The van der Waals surface area contributed by atoms with Gasteiger partial charge in [-0.25, -0.2) is 0 Å². The van der Waals surface area contributed by atoms with Crippen molar-refractivity contribution in [3.05, 3.63) is 0 Å². The van der Waals surface area contributed by atoms with Gasteiger partial charge in [-0.1, -0.05) is 26.2 Å². The van der Waals surface area contributed by atoms with Crippen molar-refractivity contribution in [2.75, 3.05) is 39.8 Å². The molecule has 122 valence electrons. The van der Waals surface area contributed by atoms with Crippen LogP contribution in [0.5, 0.6) is 0 Å². The Morgan fingerprint density at radius 2 is 1.95 bits per heavy atom. The summed E-state index contributed by atoms with van der Waals surface area (Å²) in [6.07, 6.45) is 11.3. The maximum atomic E-state index is 3.96. The van der Waals surface area contributed by atoms with Gasteiger partial charge in [0, 0.05) is 37.8 Å². The SMILES string of the molecule is CCC1CNC2(CCCCC2)CN1CC1CCCN(C)C1. The highest BCUT2D eigenvalue weighted by molar-refractivity contribution is 5.00. The topological polar surface area (TPSA) is 18.5 Å². The quantitative estimate of drug-likeness (QED) is 0.863. The van der Waals surface area contributed by atoms with Crippen LogP contribution in [0.15, 0.2) is 0 Å². The molecule has 2 unspecified atom stereocenters. The van der Waals surface area contributed by atoms with Crippen LogP contribution < -0.4 is 5.32 Å². The summed E-state index contributed by atoms with van der Waals surface area (Å²) in [7, 11) is 2.30.